The first-order valence-corrected chi connectivity index (χ1v) is 7.51. The van der Waals surface area contributed by atoms with Crippen molar-refractivity contribution in [3.63, 3.8) is 0 Å². The van der Waals surface area contributed by atoms with Crippen molar-refractivity contribution in [3.05, 3.63) is 53.3 Å². The van der Waals surface area contributed by atoms with Gasteiger partial charge in [-0.3, -0.25) is 0 Å². The number of benzene rings is 1. The number of nitrogens with zero attached hydrogens (tertiary/aromatic N) is 2. The maximum Gasteiger partial charge on any atom is 0.222 e. The molecule has 0 atom stereocenters. The van der Waals surface area contributed by atoms with Crippen molar-refractivity contribution in [1.82, 2.24) is 9.97 Å². The molecule has 1 N–H and O–H groups in total. The molecule has 0 bridgehead atoms. The van der Waals surface area contributed by atoms with Crippen LogP contribution in [0.25, 0.3) is 0 Å². The minimum atomic E-state index is 0.0437. The first-order valence-electron chi connectivity index (χ1n) is 7.13. The minimum Gasteiger partial charge on any atom is -0.381 e. The fourth-order valence-electron chi connectivity index (χ4n) is 2.77. The van der Waals surface area contributed by atoms with Crippen molar-refractivity contribution in [2.24, 2.45) is 0 Å². The van der Waals surface area contributed by atoms with Crippen molar-refractivity contribution >= 4 is 17.5 Å². The Morgan fingerprint density at radius 1 is 1.10 bits per heavy atom. The number of hydrogen-bond donors (Lipinski definition) is 1. The van der Waals surface area contributed by atoms with Crippen LogP contribution in [0.2, 0.25) is 5.02 Å². The second-order valence-electron chi connectivity index (χ2n) is 5.33. The standard InChI is InChI=1S/C16H18ClN3O/c17-14-4-2-13(3-5-14)16(6-10-21-11-7-16)12-20-15-18-8-1-9-19-15/h1-5,8-9H,6-7,10-12H2,(H,18,19,20). The Hall–Kier alpha value is -1.65. The van der Waals surface area contributed by atoms with Gasteiger partial charge in [0.1, 0.15) is 0 Å². The Morgan fingerprint density at radius 2 is 1.76 bits per heavy atom. The average molecular weight is 304 g/mol. The van der Waals surface area contributed by atoms with Gasteiger partial charge in [0.25, 0.3) is 0 Å². The zero-order valence-corrected chi connectivity index (χ0v) is 12.5. The fraction of sp³-hybridized carbons (Fsp3) is 0.375. The van der Waals surface area contributed by atoms with Gasteiger partial charge in [0.15, 0.2) is 0 Å². The van der Waals surface area contributed by atoms with Gasteiger partial charge >= 0.3 is 0 Å². The van der Waals surface area contributed by atoms with Crippen LogP contribution in [0.15, 0.2) is 42.7 Å². The van der Waals surface area contributed by atoms with Gasteiger partial charge in [-0.2, -0.15) is 0 Å². The van der Waals surface area contributed by atoms with E-state index < -0.39 is 0 Å². The number of rotatable bonds is 4. The lowest BCUT2D eigenvalue weighted by Gasteiger charge is -2.38. The molecule has 1 fully saturated rings. The number of nitrogens with one attached hydrogen (secondary N) is 1. The molecule has 4 nitrogen and oxygen atoms in total. The highest BCUT2D eigenvalue weighted by molar-refractivity contribution is 6.30. The summed E-state index contributed by atoms with van der Waals surface area (Å²) in [7, 11) is 0. The van der Waals surface area contributed by atoms with Crippen LogP contribution in [0.1, 0.15) is 18.4 Å². The first-order chi connectivity index (χ1) is 10.3. The van der Waals surface area contributed by atoms with Crippen molar-refractivity contribution in [2.45, 2.75) is 18.3 Å². The molecule has 0 unspecified atom stereocenters. The van der Waals surface area contributed by atoms with Crippen LogP contribution in [0, 0.1) is 0 Å². The van der Waals surface area contributed by atoms with Crippen LogP contribution in [0.4, 0.5) is 5.95 Å². The smallest absolute Gasteiger partial charge is 0.222 e. The van der Waals surface area contributed by atoms with Gasteiger partial charge in [0, 0.05) is 42.6 Å². The zero-order valence-electron chi connectivity index (χ0n) is 11.8. The Labute approximate surface area is 129 Å². The molecule has 0 saturated carbocycles. The molecule has 1 aliphatic heterocycles. The van der Waals surface area contributed by atoms with Crippen LogP contribution < -0.4 is 5.32 Å². The molecule has 1 saturated heterocycles. The lowest BCUT2D eigenvalue weighted by Crippen LogP contribution is -2.40. The van der Waals surface area contributed by atoms with Crippen LogP contribution >= 0.6 is 11.6 Å². The van der Waals surface area contributed by atoms with Crippen LogP contribution in [-0.4, -0.2) is 29.7 Å². The Bertz CT molecular complexity index is 568. The van der Waals surface area contributed by atoms with Gasteiger partial charge in [-0.15, -0.1) is 0 Å². The summed E-state index contributed by atoms with van der Waals surface area (Å²) in [6.45, 7) is 2.35. The van der Waals surface area contributed by atoms with Gasteiger partial charge in [-0.25, -0.2) is 9.97 Å². The highest BCUT2D eigenvalue weighted by Crippen LogP contribution is 2.35. The number of ether oxygens (including phenoxy) is 1. The molecule has 0 radical (unpaired) electrons. The van der Waals surface area contributed by atoms with E-state index in [1.807, 2.05) is 18.2 Å². The minimum absolute atomic E-state index is 0.0437. The highest BCUT2D eigenvalue weighted by Gasteiger charge is 2.34. The molecule has 0 spiro atoms. The predicted octanol–water partition coefficient (Wildman–Crippen LogP) is 3.29. The van der Waals surface area contributed by atoms with E-state index in [1.165, 1.54) is 5.56 Å². The third kappa shape index (κ3) is 3.34. The molecule has 5 heteroatoms. The van der Waals surface area contributed by atoms with Crippen molar-refractivity contribution in [1.29, 1.82) is 0 Å². The third-order valence-corrected chi connectivity index (χ3v) is 4.31. The average Bonchev–Trinajstić information content (AvgIpc) is 2.55. The maximum atomic E-state index is 6.01. The van der Waals surface area contributed by atoms with E-state index in [4.69, 9.17) is 16.3 Å². The Morgan fingerprint density at radius 3 is 2.43 bits per heavy atom. The monoisotopic (exact) mass is 303 g/mol. The number of hydrogen-bond acceptors (Lipinski definition) is 4. The molecular formula is C16H18ClN3O. The van der Waals surface area contributed by atoms with Crippen LogP contribution in [0.3, 0.4) is 0 Å². The summed E-state index contributed by atoms with van der Waals surface area (Å²) in [6.07, 6.45) is 5.45. The van der Waals surface area contributed by atoms with Gasteiger partial charge in [-0.05, 0) is 36.6 Å². The summed E-state index contributed by atoms with van der Waals surface area (Å²) < 4.78 is 5.54. The number of halogens is 1. The zero-order chi connectivity index (χ0) is 14.5. The summed E-state index contributed by atoms with van der Waals surface area (Å²) in [4.78, 5) is 8.45. The van der Waals surface area contributed by atoms with Gasteiger partial charge in [-0.1, -0.05) is 23.7 Å². The topological polar surface area (TPSA) is 47.0 Å². The summed E-state index contributed by atoms with van der Waals surface area (Å²) in [5.41, 5.74) is 1.33. The van der Waals surface area contributed by atoms with E-state index in [9.17, 15) is 0 Å². The molecule has 1 aromatic carbocycles. The van der Waals surface area contributed by atoms with Gasteiger partial charge in [0.2, 0.25) is 5.95 Å². The Balaban J connectivity index is 1.81. The Kier molecular flexibility index (Phi) is 4.36. The van der Waals surface area contributed by atoms with E-state index in [0.29, 0.717) is 5.95 Å². The second kappa shape index (κ2) is 6.41. The molecule has 3 rings (SSSR count). The van der Waals surface area contributed by atoms with Crippen molar-refractivity contribution in [3.8, 4) is 0 Å². The van der Waals surface area contributed by atoms with Gasteiger partial charge < -0.3 is 10.1 Å². The first kappa shape index (κ1) is 14.3. The predicted molar refractivity (Wildman–Crippen MR) is 83.7 cm³/mol. The fourth-order valence-corrected chi connectivity index (χ4v) is 2.90. The summed E-state index contributed by atoms with van der Waals surface area (Å²) in [5.74, 6) is 0.664. The summed E-state index contributed by atoms with van der Waals surface area (Å²) in [6, 6.07) is 9.94. The molecule has 0 amide bonds. The molecule has 110 valence electrons. The van der Waals surface area contributed by atoms with E-state index in [-0.39, 0.29) is 5.41 Å². The SMILES string of the molecule is Clc1ccc(C2(CNc3ncccn3)CCOCC2)cc1. The van der Waals surface area contributed by atoms with E-state index >= 15 is 0 Å². The van der Waals surface area contributed by atoms with Crippen molar-refractivity contribution < 1.29 is 4.74 Å². The molecule has 0 aliphatic carbocycles. The van der Waals surface area contributed by atoms with Crippen LogP contribution in [0.5, 0.6) is 0 Å². The largest absolute Gasteiger partial charge is 0.381 e. The lowest BCUT2D eigenvalue weighted by atomic mass is 9.74. The quantitative estimate of drug-likeness (QED) is 0.941. The van der Waals surface area contributed by atoms with Crippen LogP contribution in [-0.2, 0) is 10.2 Å². The third-order valence-electron chi connectivity index (χ3n) is 4.06. The van der Waals surface area contributed by atoms with E-state index in [1.54, 1.807) is 12.4 Å². The van der Waals surface area contributed by atoms with Gasteiger partial charge in [0.05, 0.1) is 0 Å². The molecule has 1 aliphatic rings. The molecule has 2 heterocycles. The normalized spacial score (nSPS) is 17.4. The highest BCUT2D eigenvalue weighted by atomic mass is 35.5. The van der Waals surface area contributed by atoms with Crippen molar-refractivity contribution in [2.75, 3.05) is 25.1 Å². The molecule has 2 aromatic rings. The molecule has 21 heavy (non-hydrogen) atoms. The molecular weight excluding hydrogens is 286 g/mol. The molecule has 1 aromatic heterocycles. The lowest BCUT2D eigenvalue weighted by molar-refractivity contribution is 0.0543. The van der Waals surface area contributed by atoms with E-state index in [0.717, 1.165) is 37.6 Å². The second-order valence-corrected chi connectivity index (χ2v) is 5.76. The summed E-state index contributed by atoms with van der Waals surface area (Å²) >= 11 is 6.01. The summed E-state index contributed by atoms with van der Waals surface area (Å²) in [5, 5.41) is 4.12. The maximum absolute atomic E-state index is 6.01. The number of aromatic nitrogens is 2. The van der Waals surface area contributed by atoms with E-state index in [2.05, 4.69) is 27.4 Å². The number of anilines is 1.